The maximum absolute atomic E-state index is 13.3. The molecule has 0 aliphatic rings. The molecule has 0 aliphatic carbocycles. The number of hydrogen-bond donors (Lipinski definition) is 2. The first-order valence-electron chi connectivity index (χ1n) is 5.16. The summed E-state index contributed by atoms with van der Waals surface area (Å²) in [5.74, 6) is 1.70. The average molecular weight is 253 g/mol. The second-order valence-corrected chi connectivity index (χ2v) is 3.64. The van der Waals surface area contributed by atoms with E-state index in [0.29, 0.717) is 5.56 Å². The van der Waals surface area contributed by atoms with Crippen molar-refractivity contribution in [2.75, 3.05) is 11.5 Å². The van der Waals surface area contributed by atoms with Gasteiger partial charge < -0.3 is 11.5 Å². The topological polar surface area (TPSA) is 102 Å². The van der Waals surface area contributed by atoms with Crippen molar-refractivity contribution in [3.05, 3.63) is 35.1 Å². The average Bonchev–Trinajstić information content (AvgIpc) is 2.37. The summed E-state index contributed by atoms with van der Waals surface area (Å²) in [4.78, 5) is 7.61. The molecule has 6 heteroatoms. The molecule has 2 rings (SSSR count). The molecule has 19 heavy (non-hydrogen) atoms. The van der Waals surface area contributed by atoms with E-state index in [1.165, 1.54) is 18.2 Å². The van der Waals surface area contributed by atoms with E-state index in [0.717, 1.165) is 0 Å². The number of aromatic nitrogens is 2. The molecule has 2 aromatic rings. The first-order chi connectivity index (χ1) is 9.06. The van der Waals surface area contributed by atoms with Gasteiger partial charge in [-0.1, -0.05) is 5.92 Å². The Labute approximate surface area is 108 Å². The van der Waals surface area contributed by atoms with Crippen LogP contribution in [0.15, 0.2) is 18.2 Å². The lowest BCUT2D eigenvalue weighted by Gasteiger charge is -2.08. The largest absolute Gasteiger partial charge is 0.382 e. The molecule has 5 nitrogen and oxygen atoms in total. The number of nitriles is 1. The van der Waals surface area contributed by atoms with Crippen molar-refractivity contribution in [1.29, 1.82) is 5.26 Å². The highest BCUT2D eigenvalue weighted by Crippen LogP contribution is 2.28. The fourth-order valence-corrected chi connectivity index (χ4v) is 1.64. The Balaban J connectivity index is 2.83. The van der Waals surface area contributed by atoms with Gasteiger partial charge in [0.05, 0.1) is 5.69 Å². The molecule has 0 unspecified atom stereocenters. The van der Waals surface area contributed by atoms with Crippen LogP contribution in [0.3, 0.4) is 0 Å². The molecule has 1 aromatic heterocycles. The molecule has 0 saturated heterocycles. The maximum atomic E-state index is 13.3. The van der Waals surface area contributed by atoms with Gasteiger partial charge in [-0.05, 0) is 18.2 Å². The van der Waals surface area contributed by atoms with Gasteiger partial charge >= 0.3 is 0 Å². The van der Waals surface area contributed by atoms with Crippen LogP contribution in [-0.4, -0.2) is 9.97 Å². The Kier molecular flexibility index (Phi) is 3.01. The monoisotopic (exact) mass is 253 g/mol. The zero-order chi connectivity index (χ0) is 14.0. The van der Waals surface area contributed by atoms with E-state index < -0.39 is 5.82 Å². The molecule has 1 aromatic carbocycles. The van der Waals surface area contributed by atoms with Gasteiger partial charge in [0.15, 0.2) is 0 Å². The Bertz CT molecular complexity index is 740. The fraction of sp³-hybridized carbons (Fsp3) is 0. The summed E-state index contributed by atoms with van der Waals surface area (Å²) in [6.07, 6.45) is 5.34. The van der Waals surface area contributed by atoms with Gasteiger partial charge in [0.25, 0.3) is 0 Å². The zero-order valence-corrected chi connectivity index (χ0v) is 9.68. The Morgan fingerprint density at radius 1 is 1.26 bits per heavy atom. The van der Waals surface area contributed by atoms with E-state index in [4.69, 9.17) is 23.2 Å². The van der Waals surface area contributed by atoms with Gasteiger partial charge in [-0.25, -0.2) is 9.37 Å². The maximum Gasteiger partial charge on any atom is 0.222 e. The van der Waals surface area contributed by atoms with Gasteiger partial charge in [-0.15, -0.1) is 6.42 Å². The van der Waals surface area contributed by atoms with Crippen LogP contribution in [-0.2, 0) is 0 Å². The van der Waals surface area contributed by atoms with E-state index in [2.05, 4.69) is 15.9 Å². The summed E-state index contributed by atoms with van der Waals surface area (Å²) >= 11 is 0. The Morgan fingerprint density at radius 2 is 2.00 bits per heavy atom. The van der Waals surface area contributed by atoms with Crippen molar-refractivity contribution in [1.82, 2.24) is 9.97 Å². The van der Waals surface area contributed by atoms with Crippen LogP contribution in [0.1, 0.15) is 11.1 Å². The normalized spacial score (nSPS) is 9.63. The van der Waals surface area contributed by atoms with Crippen molar-refractivity contribution in [3.8, 4) is 29.7 Å². The number of nitrogens with zero attached hydrogens (tertiary/aromatic N) is 3. The number of hydrogen-bond acceptors (Lipinski definition) is 5. The SMILES string of the molecule is C#Cc1ccc(F)cc1-c1nc(N)nc(N)c1C#N. The first-order valence-corrected chi connectivity index (χ1v) is 5.16. The van der Waals surface area contributed by atoms with Crippen molar-refractivity contribution < 1.29 is 4.39 Å². The highest BCUT2D eigenvalue weighted by atomic mass is 19.1. The van der Waals surface area contributed by atoms with Crippen molar-refractivity contribution in [2.45, 2.75) is 0 Å². The van der Waals surface area contributed by atoms with Crippen LogP contribution in [0, 0.1) is 29.5 Å². The number of benzene rings is 1. The van der Waals surface area contributed by atoms with Gasteiger partial charge in [0.1, 0.15) is 23.3 Å². The molecule has 0 atom stereocenters. The van der Waals surface area contributed by atoms with Crippen molar-refractivity contribution in [3.63, 3.8) is 0 Å². The number of rotatable bonds is 1. The lowest BCUT2D eigenvalue weighted by molar-refractivity contribution is 0.628. The van der Waals surface area contributed by atoms with Gasteiger partial charge in [-0.3, -0.25) is 0 Å². The van der Waals surface area contributed by atoms with E-state index >= 15 is 0 Å². The predicted octanol–water partition coefficient (Wildman–Crippen LogP) is 1.30. The second kappa shape index (κ2) is 4.63. The Morgan fingerprint density at radius 3 is 2.63 bits per heavy atom. The third-order valence-electron chi connectivity index (χ3n) is 2.46. The van der Waals surface area contributed by atoms with Crippen molar-refractivity contribution >= 4 is 11.8 Å². The van der Waals surface area contributed by atoms with Crippen LogP contribution in [0.4, 0.5) is 16.2 Å². The van der Waals surface area contributed by atoms with Gasteiger partial charge in [0.2, 0.25) is 5.95 Å². The smallest absolute Gasteiger partial charge is 0.222 e. The van der Waals surface area contributed by atoms with Crippen LogP contribution in [0.2, 0.25) is 0 Å². The highest BCUT2D eigenvalue weighted by molar-refractivity contribution is 5.77. The molecule has 0 aliphatic heterocycles. The lowest BCUT2D eigenvalue weighted by Crippen LogP contribution is -2.05. The number of halogens is 1. The first kappa shape index (κ1) is 12.3. The third kappa shape index (κ3) is 2.15. The molecule has 1 heterocycles. The van der Waals surface area contributed by atoms with E-state index in [9.17, 15) is 4.39 Å². The van der Waals surface area contributed by atoms with Gasteiger partial charge in [0, 0.05) is 11.1 Å². The predicted molar refractivity (Wildman–Crippen MR) is 68.9 cm³/mol. The number of anilines is 2. The number of nitrogen functional groups attached to an aromatic ring is 2. The molecule has 0 fully saturated rings. The van der Waals surface area contributed by atoms with Crippen LogP contribution in [0.5, 0.6) is 0 Å². The van der Waals surface area contributed by atoms with E-state index in [1.807, 2.05) is 6.07 Å². The molecule has 0 saturated carbocycles. The van der Waals surface area contributed by atoms with E-state index in [-0.39, 0.29) is 28.6 Å². The molecule has 4 N–H and O–H groups in total. The molecule has 0 spiro atoms. The minimum absolute atomic E-state index is 0.0105. The standard InChI is InChI=1S/C13H8FN5/c1-2-7-3-4-8(14)5-9(7)11-10(6-15)12(16)19-13(17)18-11/h1,3-5H,(H4,16,17,18,19). The third-order valence-corrected chi connectivity index (χ3v) is 2.46. The second-order valence-electron chi connectivity index (χ2n) is 3.64. The summed E-state index contributed by atoms with van der Waals surface area (Å²) in [6, 6.07) is 5.68. The minimum atomic E-state index is -0.506. The van der Waals surface area contributed by atoms with Crippen LogP contribution in [0.25, 0.3) is 11.3 Å². The Hall–Kier alpha value is -3.12. The minimum Gasteiger partial charge on any atom is -0.382 e. The van der Waals surface area contributed by atoms with Crippen LogP contribution < -0.4 is 11.5 Å². The molecule has 0 amide bonds. The molecule has 0 radical (unpaired) electrons. The van der Waals surface area contributed by atoms with Crippen molar-refractivity contribution in [2.24, 2.45) is 0 Å². The quantitative estimate of drug-likeness (QED) is 0.746. The molecular weight excluding hydrogens is 245 g/mol. The fourth-order valence-electron chi connectivity index (χ4n) is 1.64. The number of nitrogens with two attached hydrogens (primary N) is 2. The summed E-state index contributed by atoms with van der Waals surface area (Å²) in [5.41, 5.74) is 11.9. The summed E-state index contributed by atoms with van der Waals surface area (Å²) < 4.78 is 13.3. The molecular formula is C13H8FN5. The summed E-state index contributed by atoms with van der Waals surface area (Å²) in [5, 5.41) is 9.09. The zero-order valence-electron chi connectivity index (χ0n) is 9.68. The highest BCUT2D eigenvalue weighted by Gasteiger charge is 2.16. The summed E-state index contributed by atoms with van der Waals surface area (Å²) in [6.45, 7) is 0. The van der Waals surface area contributed by atoms with Crippen LogP contribution >= 0.6 is 0 Å². The molecule has 0 bridgehead atoms. The number of terminal acetylenes is 1. The van der Waals surface area contributed by atoms with Gasteiger partial charge in [-0.2, -0.15) is 10.2 Å². The molecule has 92 valence electrons. The summed E-state index contributed by atoms with van der Waals surface area (Å²) in [7, 11) is 0. The van der Waals surface area contributed by atoms with E-state index in [1.54, 1.807) is 0 Å². The lowest BCUT2D eigenvalue weighted by atomic mass is 10.0.